The van der Waals surface area contributed by atoms with E-state index in [-0.39, 0.29) is 12.1 Å². The first kappa shape index (κ1) is 13.2. The summed E-state index contributed by atoms with van der Waals surface area (Å²) in [5, 5.41) is 8.16. The summed E-state index contributed by atoms with van der Waals surface area (Å²) in [4.78, 5) is 0. The number of rotatable bonds is 3. The van der Waals surface area contributed by atoms with Gasteiger partial charge < -0.3 is 10.1 Å². The third kappa shape index (κ3) is 2.10. The average molecular weight is 271 g/mol. The third-order valence-electron chi connectivity index (χ3n) is 4.15. The van der Waals surface area contributed by atoms with Crippen LogP contribution in [0.4, 0.5) is 0 Å². The molecule has 2 aromatic rings. The summed E-state index contributed by atoms with van der Waals surface area (Å²) in [5.74, 6) is 0.997. The van der Waals surface area contributed by atoms with Gasteiger partial charge in [0.15, 0.2) is 0 Å². The van der Waals surface area contributed by atoms with Crippen LogP contribution in [-0.2, 0) is 7.05 Å². The van der Waals surface area contributed by atoms with Crippen LogP contribution in [0.3, 0.4) is 0 Å². The Kier molecular flexibility index (Phi) is 3.26. The van der Waals surface area contributed by atoms with Crippen LogP contribution in [0.1, 0.15) is 41.5 Å². The zero-order valence-corrected chi connectivity index (χ0v) is 12.5. The molecule has 0 saturated heterocycles. The minimum absolute atomic E-state index is 0.250. The second-order valence-electron chi connectivity index (χ2n) is 5.50. The van der Waals surface area contributed by atoms with Crippen molar-refractivity contribution in [1.29, 1.82) is 0 Å². The fourth-order valence-corrected chi connectivity index (χ4v) is 3.10. The highest BCUT2D eigenvalue weighted by Gasteiger charge is 2.26. The van der Waals surface area contributed by atoms with Crippen LogP contribution in [0.15, 0.2) is 24.3 Å². The topological polar surface area (TPSA) is 39.1 Å². The number of fused-ring (bicyclic) bond motifs is 1. The van der Waals surface area contributed by atoms with Gasteiger partial charge in [-0.3, -0.25) is 4.68 Å². The molecule has 0 saturated carbocycles. The predicted molar refractivity (Wildman–Crippen MR) is 78.9 cm³/mol. The van der Waals surface area contributed by atoms with Gasteiger partial charge in [-0.2, -0.15) is 5.10 Å². The van der Waals surface area contributed by atoms with Crippen molar-refractivity contribution in [3.63, 3.8) is 0 Å². The van der Waals surface area contributed by atoms with Crippen LogP contribution in [-0.4, -0.2) is 16.4 Å². The number of hydrogen-bond donors (Lipinski definition) is 1. The van der Waals surface area contributed by atoms with Crippen LogP contribution in [0, 0.1) is 13.8 Å². The quantitative estimate of drug-likeness (QED) is 0.933. The van der Waals surface area contributed by atoms with E-state index < -0.39 is 0 Å². The van der Waals surface area contributed by atoms with Gasteiger partial charge in [0.25, 0.3) is 0 Å². The van der Waals surface area contributed by atoms with E-state index in [1.807, 2.05) is 23.9 Å². The second kappa shape index (κ2) is 4.94. The van der Waals surface area contributed by atoms with Gasteiger partial charge in [0.2, 0.25) is 0 Å². The van der Waals surface area contributed by atoms with E-state index in [1.165, 1.54) is 16.8 Å². The van der Waals surface area contributed by atoms with Gasteiger partial charge >= 0.3 is 0 Å². The number of benzene rings is 1. The second-order valence-corrected chi connectivity index (χ2v) is 5.50. The Morgan fingerprint density at radius 3 is 2.80 bits per heavy atom. The molecule has 0 amide bonds. The summed E-state index contributed by atoms with van der Waals surface area (Å²) < 4.78 is 7.68. The first-order valence-electron chi connectivity index (χ1n) is 7.05. The number of nitrogens with one attached hydrogen (secondary N) is 1. The molecule has 0 aliphatic carbocycles. The molecule has 1 aromatic heterocycles. The Morgan fingerprint density at radius 1 is 1.35 bits per heavy atom. The molecule has 2 unspecified atom stereocenters. The molecule has 1 aromatic carbocycles. The standard InChI is InChI=1S/C16H21N3O/c1-10(16-11(2)18-19(4)12(16)3)17-14-9-20-15-8-6-5-7-13(14)15/h5-8,10,14,17H,9H2,1-4H3. The molecule has 4 heteroatoms. The van der Waals surface area contributed by atoms with E-state index in [4.69, 9.17) is 4.74 Å². The maximum Gasteiger partial charge on any atom is 0.124 e. The molecule has 3 rings (SSSR count). The van der Waals surface area contributed by atoms with Crippen LogP contribution in [0.5, 0.6) is 5.75 Å². The average Bonchev–Trinajstić information content (AvgIpc) is 2.92. The summed E-state index contributed by atoms with van der Waals surface area (Å²) in [7, 11) is 1.99. The number of aryl methyl sites for hydroxylation is 2. The fourth-order valence-electron chi connectivity index (χ4n) is 3.10. The van der Waals surface area contributed by atoms with Gasteiger partial charge in [0.05, 0.1) is 11.7 Å². The number of hydrogen-bond acceptors (Lipinski definition) is 3. The monoisotopic (exact) mass is 271 g/mol. The van der Waals surface area contributed by atoms with Gasteiger partial charge in [-0.25, -0.2) is 0 Å². The van der Waals surface area contributed by atoms with Gasteiger partial charge in [-0.05, 0) is 26.8 Å². The van der Waals surface area contributed by atoms with E-state index in [9.17, 15) is 0 Å². The zero-order valence-electron chi connectivity index (χ0n) is 12.5. The van der Waals surface area contributed by atoms with Gasteiger partial charge in [0, 0.05) is 29.9 Å². The summed E-state index contributed by atoms with van der Waals surface area (Å²) in [6.45, 7) is 7.08. The summed E-state index contributed by atoms with van der Waals surface area (Å²) in [5.41, 5.74) is 4.85. The van der Waals surface area contributed by atoms with Crippen molar-refractivity contribution in [2.24, 2.45) is 7.05 Å². The molecule has 2 atom stereocenters. The predicted octanol–water partition coefficient (Wildman–Crippen LogP) is 2.82. The lowest BCUT2D eigenvalue weighted by Crippen LogP contribution is -2.26. The third-order valence-corrected chi connectivity index (χ3v) is 4.15. The van der Waals surface area contributed by atoms with Crippen molar-refractivity contribution < 1.29 is 4.74 Å². The van der Waals surface area contributed by atoms with E-state index in [0.29, 0.717) is 6.61 Å². The molecular formula is C16H21N3O. The molecule has 1 aliphatic heterocycles. The molecule has 20 heavy (non-hydrogen) atoms. The van der Waals surface area contributed by atoms with Crippen molar-refractivity contribution in [3.05, 3.63) is 46.8 Å². The van der Waals surface area contributed by atoms with Crippen molar-refractivity contribution in [2.45, 2.75) is 32.9 Å². The number of ether oxygens (including phenoxy) is 1. The van der Waals surface area contributed by atoms with Crippen molar-refractivity contribution in [1.82, 2.24) is 15.1 Å². The highest BCUT2D eigenvalue weighted by Crippen LogP contribution is 2.34. The van der Waals surface area contributed by atoms with Gasteiger partial charge in [0.1, 0.15) is 12.4 Å². The summed E-state index contributed by atoms with van der Waals surface area (Å²) in [6.07, 6.45) is 0. The van der Waals surface area contributed by atoms with E-state index in [2.05, 4.69) is 43.3 Å². The highest BCUT2D eigenvalue weighted by atomic mass is 16.5. The fraction of sp³-hybridized carbons (Fsp3) is 0.438. The zero-order chi connectivity index (χ0) is 14.3. The molecule has 0 bridgehead atoms. The molecule has 1 N–H and O–H groups in total. The minimum atomic E-state index is 0.250. The first-order valence-corrected chi connectivity index (χ1v) is 7.05. The van der Waals surface area contributed by atoms with E-state index >= 15 is 0 Å². The van der Waals surface area contributed by atoms with Crippen molar-refractivity contribution in [3.8, 4) is 5.75 Å². The summed E-state index contributed by atoms with van der Waals surface area (Å²) in [6, 6.07) is 8.74. The maximum atomic E-state index is 5.73. The Bertz CT molecular complexity index is 633. The highest BCUT2D eigenvalue weighted by molar-refractivity contribution is 5.39. The molecule has 106 valence electrons. The molecular weight excluding hydrogens is 250 g/mol. The number of aromatic nitrogens is 2. The lowest BCUT2D eigenvalue weighted by molar-refractivity contribution is 0.300. The van der Waals surface area contributed by atoms with Crippen LogP contribution < -0.4 is 10.1 Å². The summed E-state index contributed by atoms with van der Waals surface area (Å²) >= 11 is 0. The number of para-hydroxylation sites is 1. The molecule has 0 spiro atoms. The Balaban J connectivity index is 1.82. The lowest BCUT2D eigenvalue weighted by atomic mass is 10.0. The van der Waals surface area contributed by atoms with Crippen LogP contribution >= 0.6 is 0 Å². The number of nitrogens with zero attached hydrogens (tertiary/aromatic N) is 2. The van der Waals surface area contributed by atoms with Crippen molar-refractivity contribution >= 4 is 0 Å². The first-order chi connectivity index (χ1) is 9.58. The van der Waals surface area contributed by atoms with Gasteiger partial charge in [-0.15, -0.1) is 0 Å². The van der Waals surface area contributed by atoms with Crippen molar-refractivity contribution in [2.75, 3.05) is 6.61 Å². The minimum Gasteiger partial charge on any atom is -0.491 e. The Hall–Kier alpha value is -1.81. The van der Waals surface area contributed by atoms with Crippen LogP contribution in [0.25, 0.3) is 0 Å². The smallest absolute Gasteiger partial charge is 0.124 e. The molecule has 1 aliphatic rings. The Morgan fingerprint density at radius 2 is 2.10 bits per heavy atom. The SMILES string of the molecule is Cc1nn(C)c(C)c1C(C)NC1COc2ccccc21. The molecule has 0 fully saturated rings. The van der Waals surface area contributed by atoms with Gasteiger partial charge in [-0.1, -0.05) is 18.2 Å². The molecule has 0 radical (unpaired) electrons. The largest absolute Gasteiger partial charge is 0.491 e. The maximum absolute atomic E-state index is 5.73. The normalized spacial score (nSPS) is 18.7. The lowest BCUT2D eigenvalue weighted by Gasteiger charge is -2.19. The Labute approximate surface area is 119 Å². The molecule has 4 nitrogen and oxygen atoms in total. The van der Waals surface area contributed by atoms with E-state index in [0.717, 1.165) is 11.4 Å². The van der Waals surface area contributed by atoms with Crippen LogP contribution in [0.2, 0.25) is 0 Å². The van der Waals surface area contributed by atoms with E-state index in [1.54, 1.807) is 0 Å². The molecule has 2 heterocycles.